The lowest BCUT2D eigenvalue weighted by Crippen LogP contribution is -1.98. The molecular weight excluding hydrogens is 214 g/mol. The number of nitrogens with one attached hydrogen (secondary N) is 1. The summed E-state index contributed by atoms with van der Waals surface area (Å²) < 4.78 is 0. The normalized spacial score (nSPS) is 13.3. The number of nitrogens with two attached hydrogens (primary N) is 1. The predicted octanol–water partition coefficient (Wildman–Crippen LogP) is 2.10. The van der Waals surface area contributed by atoms with Crippen molar-refractivity contribution in [2.75, 3.05) is 5.73 Å². The van der Waals surface area contributed by atoms with Crippen LogP contribution in [0.15, 0.2) is 0 Å². The summed E-state index contributed by atoms with van der Waals surface area (Å²) in [7, 11) is 0. The van der Waals surface area contributed by atoms with Crippen molar-refractivity contribution in [1.29, 1.82) is 0 Å². The van der Waals surface area contributed by atoms with Gasteiger partial charge in [-0.3, -0.25) is 5.10 Å². The molecule has 5 nitrogen and oxygen atoms in total. The monoisotopic (exact) mass is 225 g/mol. The minimum absolute atomic E-state index is 0.127. The summed E-state index contributed by atoms with van der Waals surface area (Å²) in [5.41, 5.74) is 7.30. The largest absolute Gasteiger partial charge is 0.383 e. The number of hydrogen-bond acceptors (Lipinski definition) is 4. The maximum atomic E-state index is 5.80. The Bertz CT molecular complexity index is 492. The molecule has 0 amide bonds. The van der Waals surface area contributed by atoms with Crippen LogP contribution in [0, 0.1) is 0 Å². The standard InChI is InChI=1S/C9H12ClN5/c1-3-4(2)6-5-7(11)12-9(10)13-8(5)15-14-6/h4H,3H2,1-2H3,(H3,11,12,13,14,15)/t4-/m1/s1. The lowest BCUT2D eigenvalue weighted by Gasteiger charge is -2.06. The molecule has 2 rings (SSSR count). The third-order valence-electron chi connectivity index (χ3n) is 2.55. The number of fused-ring (bicyclic) bond motifs is 1. The van der Waals surface area contributed by atoms with Gasteiger partial charge in [0.1, 0.15) is 5.82 Å². The van der Waals surface area contributed by atoms with Crippen LogP contribution in [0.2, 0.25) is 5.28 Å². The number of aromatic amines is 1. The van der Waals surface area contributed by atoms with Gasteiger partial charge in [-0.2, -0.15) is 10.1 Å². The number of H-pyrrole nitrogens is 1. The number of anilines is 1. The highest BCUT2D eigenvalue weighted by atomic mass is 35.5. The second kappa shape index (κ2) is 3.66. The van der Waals surface area contributed by atoms with E-state index in [1.54, 1.807) is 0 Å². The Morgan fingerprint density at radius 1 is 1.47 bits per heavy atom. The number of aromatic nitrogens is 4. The molecule has 2 aromatic heterocycles. The fourth-order valence-corrected chi connectivity index (χ4v) is 1.68. The van der Waals surface area contributed by atoms with E-state index in [-0.39, 0.29) is 5.28 Å². The van der Waals surface area contributed by atoms with Crippen molar-refractivity contribution in [3.05, 3.63) is 11.0 Å². The molecule has 0 unspecified atom stereocenters. The van der Waals surface area contributed by atoms with E-state index >= 15 is 0 Å². The highest BCUT2D eigenvalue weighted by molar-refractivity contribution is 6.28. The van der Waals surface area contributed by atoms with Crippen LogP contribution in [0.4, 0.5) is 5.82 Å². The maximum Gasteiger partial charge on any atom is 0.226 e. The van der Waals surface area contributed by atoms with Crippen molar-refractivity contribution < 1.29 is 0 Å². The van der Waals surface area contributed by atoms with Gasteiger partial charge in [-0.15, -0.1) is 0 Å². The molecule has 1 atom stereocenters. The number of rotatable bonds is 2. The van der Waals surface area contributed by atoms with Crippen molar-refractivity contribution >= 4 is 28.5 Å². The van der Waals surface area contributed by atoms with Crippen LogP contribution in [0.5, 0.6) is 0 Å². The first-order valence-electron chi connectivity index (χ1n) is 4.80. The smallest absolute Gasteiger partial charge is 0.226 e. The zero-order chi connectivity index (χ0) is 11.0. The van der Waals surface area contributed by atoms with Crippen LogP contribution in [0.1, 0.15) is 31.9 Å². The van der Waals surface area contributed by atoms with E-state index in [1.807, 2.05) is 0 Å². The molecule has 0 aliphatic rings. The summed E-state index contributed by atoms with van der Waals surface area (Å²) in [5.74, 6) is 0.733. The van der Waals surface area contributed by atoms with Crippen LogP contribution in [-0.2, 0) is 0 Å². The Balaban J connectivity index is 2.69. The van der Waals surface area contributed by atoms with Crippen LogP contribution >= 0.6 is 11.6 Å². The lowest BCUT2D eigenvalue weighted by molar-refractivity contribution is 0.708. The fourth-order valence-electron chi connectivity index (χ4n) is 1.51. The molecule has 0 fully saturated rings. The summed E-state index contributed by atoms with van der Waals surface area (Å²) >= 11 is 5.69. The van der Waals surface area contributed by atoms with Gasteiger partial charge in [0.2, 0.25) is 5.28 Å². The number of hydrogen-bond donors (Lipinski definition) is 2. The minimum Gasteiger partial charge on any atom is -0.383 e. The lowest BCUT2D eigenvalue weighted by atomic mass is 10.0. The quantitative estimate of drug-likeness (QED) is 0.767. The van der Waals surface area contributed by atoms with Crippen molar-refractivity contribution in [3.8, 4) is 0 Å². The summed E-state index contributed by atoms with van der Waals surface area (Å²) in [4.78, 5) is 7.93. The minimum atomic E-state index is 0.127. The Morgan fingerprint density at radius 3 is 2.87 bits per heavy atom. The van der Waals surface area contributed by atoms with E-state index in [1.165, 1.54) is 0 Å². The molecule has 2 aromatic rings. The van der Waals surface area contributed by atoms with Gasteiger partial charge >= 0.3 is 0 Å². The van der Waals surface area contributed by atoms with Gasteiger partial charge < -0.3 is 5.73 Å². The molecule has 0 aromatic carbocycles. The van der Waals surface area contributed by atoms with Crippen molar-refractivity contribution in [3.63, 3.8) is 0 Å². The SMILES string of the molecule is CC[C@@H](C)c1[nH]nc2nc(Cl)nc(N)c12. The summed E-state index contributed by atoms with van der Waals surface area (Å²) in [6, 6.07) is 0. The van der Waals surface area contributed by atoms with E-state index in [2.05, 4.69) is 34.0 Å². The average molecular weight is 226 g/mol. The molecule has 3 N–H and O–H groups in total. The Hall–Kier alpha value is -1.36. The van der Waals surface area contributed by atoms with Crippen molar-refractivity contribution in [2.24, 2.45) is 0 Å². The molecule has 15 heavy (non-hydrogen) atoms. The van der Waals surface area contributed by atoms with E-state index in [4.69, 9.17) is 17.3 Å². The van der Waals surface area contributed by atoms with Gasteiger partial charge in [0.25, 0.3) is 0 Å². The third-order valence-corrected chi connectivity index (χ3v) is 2.72. The van der Waals surface area contributed by atoms with Gasteiger partial charge in [-0.1, -0.05) is 13.8 Å². The highest BCUT2D eigenvalue weighted by Crippen LogP contribution is 2.28. The van der Waals surface area contributed by atoms with Crippen LogP contribution < -0.4 is 5.73 Å². The van der Waals surface area contributed by atoms with Gasteiger partial charge in [-0.25, -0.2) is 4.98 Å². The van der Waals surface area contributed by atoms with Gasteiger partial charge in [-0.05, 0) is 23.9 Å². The molecule has 0 saturated carbocycles. The molecule has 6 heteroatoms. The molecule has 0 aliphatic carbocycles. The third kappa shape index (κ3) is 1.63. The van der Waals surface area contributed by atoms with Crippen molar-refractivity contribution in [1.82, 2.24) is 20.2 Å². The van der Waals surface area contributed by atoms with Gasteiger partial charge in [0, 0.05) is 0 Å². The zero-order valence-electron chi connectivity index (χ0n) is 8.58. The topological polar surface area (TPSA) is 80.5 Å². The van der Waals surface area contributed by atoms with Crippen molar-refractivity contribution in [2.45, 2.75) is 26.2 Å². The Kier molecular flexibility index (Phi) is 2.48. The van der Waals surface area contributed by atoms with Crippen LogP contribution in [-0.4, -0.2) is 20.2 Å². The van der Waals surface area contributed by atoms with E-state index < -0.39 is 0 Å². The summed E-state index contributed by atoms with van der Waals surface area (Å²) in [6.07, 6.45) is 0.999. The molecule has 0 radical (unpaired) electrons. The number of nitrogens with zero attached hydrogens (tertiary/aromatic N) is 3. The van der Waals surface area contributed by atoms with Crippen LogP contribution in [0.25, 0.3) is 11.0 Å². The van der Waals surface area contributed by atoms with Gasteiger partial charge in [0.05, 0.1) is 11.1 Å². The molecule has 0 spiro atoms. The number of halogens is 1. The second-order valence-electron chi connectivity index (χ2n) is 3.52. The fraction of sp³-hybridized carbons (Fsp3) is 0.444. The van der Waals surface area contributed by atoms with E-state index in [0.717, 1.165) is 17.5 Å². The summed E-state index contributed by atoms with van der Waals surface area (Å²) in [6.45, 7) is 4.20. The van der Waals surface area contributed by atoms with E-state index in [0.29, 0.717) is 17.4 Å². The molecule has 0 saturated heterocycles. The summed E-state index contributed by atoms with van der Waals surface area (Å²) in [5, 5.41) is 7.92. The molecule has 0 aliphatic heterocycles. The highest BCUT2D eigenvalue weighted by Gasteiger charge is 2.16. The first-order valence-corrected chi connectivity index (χ1v) is 5.18. The molecule has 80 valence electrons. The van der Waals surface area contributed by atoms with E-state index in [9.17, 15) is 0 Å². The number of nitrogen functional groups attached to an aromatic ring is 1. The first kappa shape index (κ1) is 10.2. The molecule has 0 bridgehead atoms. The average Bonchev–Trinajstić information content (AvgIpc) is 2.60. The molecule has 2 heterocycles. The Morgan fingerprint density at radius 2 is 2.20 bits per heavy atom. The van der Waals surface area contributed by atoms with Gasteiger partial charge in [0.15, 0.2) is 5.65 Å². The van der Waals surface area contributed by atoms with Crippen LogP contribution in [0.3, 0.4) is 0 Å². The predicted molar refractivity (Wildman–Crippen MR) is 59.8 cm³/mol. The maximum absolute atomic E-state index is 5.80. The zero-order valence-corrected chi connectivity index (χ0v) is 9.34. The second-order valence-corrected chi connectivity index (χ2v) is 3.86. The molecular formula is C9H12ClN5. The first-order chi connectivity index (χ1) is 7.13. The Labute approximate surface area is 92.1 Å².